The molecule has 5 rings (SSSR count). The van der Waals surface area contributed by atoms with Crippen LogP contribution in [0.3, 0.4) is 0 Å². The first-order valence-corrected chi connectivity index (χ1v) is 10.6. The molecule has 0 spiro atoms. The number of piperidine rings is 1. The van der Waals surface area contributed by atoms with Crippen molar-refractivity contribution in [1.29, 1.82) is 0 Å². The fourth-order valence-corrected chi connectivity index (χ4v) is 4.76. The molecule has 5 nitrogen and oxygen atoms in total. The summed E-state index contributed by atoms with van der Waals surface area (Å²) < 4.78 is 0. The second kappa shape index (κ2) is 8.08. The average molecular weight is 382 g/mol. The summed E-state index contributed by atoms with van der Waals surface area (Å²) in [5.74, 6) is 0.870. The van der Waals surface area contributed by atoms with Crippen LogP contribution in [-0.2, 0) is 4.79 Å². The largest absolute Gasteiger partial charge is 0.337 e. The molecule has 4 aliphatic rings. The fourth-order valence-electron chi connectivity index (χ4n) is 4.76. The van der Waals surface area contributed by atoms with Gasteiger partial charge in [-0.2, -0.15) is 0 Å². The standard InChI is InChI=1S/C23H31N3O2/c1-17(2)11-13-24-14-18-5-8-21(24)16-25(15-18)23(28)19-6-9-20(10-7-19)26-12-3-4-22(26)27/h6-7,9-11,18,21H,3-5,8,12-16H2,1-2H3/t18-,21-/m1/s1. The molecule has 2 amide bonds. The maximum atomic E-state index is 13.2. The summed E-state index contributed by atoms with van der Waals surface area (Å²) in [6, 6.07) is 8.07. The lowest BCUT2D eigenvalue weighted by molar-refractivity contribution is -0.117. The maximum absolute atomic E-state index is 13.2. The van der Waals surface area contributed by atoms with Crippen LogP contribution in [0.15, 0.2) is 35.9 Å². The summed E-state index contributed by atoms with van der Waals surface area (Å²) in [4.78, 5) is 31.5. The van der Waals surface area contributed by atoms with E-state index < -0.39 is 0 Å². The second-order valence-electron chi connectivity index (χ2n) is 8.74. The number of anilines is 1. The van der Waals surface area contributed by atoms with Gasteiger partial charge in [-0.1, -0.05) is 11.6 Å². The van der Waals surface area contributed by atoms with E-state index in [-0.39, 0.29) is 11.8 Å². The van der Waals surface area contributed by atoms with Gasteiger partial charge in [0.1, 0.15) is 0 Å². The number of hydrogen-bond acceptors (Lipinski definition) is 3. The number of hydrogen-bond donors (Lipinski definition) is 0. The zero-order valence-electron chi connectivity index (χ0n) is 17.1. The molecule has 0 saturated carbocycles. The fraction of sp³-hybridized carbons (Fsp3) is 0.565. The van der Waals surface area contributed by atoms with E-state index in [0.717, 1.165) is 50.4 Å². The van der Waals surface area contributed by atoms with Crippen molar-refractivity contribution in [3.8, 4) is 0 Å². The molecular weight excluding hydrogens is 350 g/mol. The number of rotatable bonds is 4. The Kier molecular flexibility index (Phi) is 5.54. The van der Waals surface area contributed by atoms with Crippen molar-refractivity contribution in [2.45, 2.75) is 45.6 Å². The van der Waals surface area contributed by atoms with Crippen LogP contribution in [-0.4, -0.2) is 60.4 Å². The summed E-state index contributed by atoms with van der Waals surface area (Å²) in [7, 11) is 0. The van der Waals surface area contributed by atoms with E-state index in [4.69, 9.17) is 0 Å². The molecule has 1 aromatic rings. The van der Waals surface area contributed by atoms with Gasteiger partial charge in [0.2, 0.25) is 5.91 Å². The summed E-state index contributed by atoms with van der Waals surface area (Å²) in [5, 5.41) is 0. The van der Waals surface area contributed by atoms with Gasteiger partial charge in [-0.15, -0.1) is 0 Å². The van der Waals surface area contributed by atoms with Gasteiger partial charge in [0.25, 0.3) is 5.91 Å². The summed E-state index contributed by atoms with van der Waals surface area (Å²) in [5.41, 5.74) is 2.99. The van der Waals surface area contributed by atoms with Crippen molar-refractivity contribution >= 4 is 17.5 Å². The van der Waals surface area contributed by atoms with Crippen molar-refractivity contribution in [2.75, 3.05) is 37.6 Å². The highest BCUT2D eigenvalue weighted by Crippen LogP contribution is 2.29. The van der Waals surface area contributed by atoms with E-state index >= 15 is 0 Å². The minimum atomic E-state index is 0.125. The highest BCUT2D eigenvalue weighted by molar-refractivity contribution is 5.97. The molecule has 4 heterocycles. The van der Waals surface area contributed by atoms with Gasteiger partial charge in [-0.3, -0.25) is 14.5 Å². The zero-order valence-corrected chi connectivity index (χ0v) is 17.1. The first-order valence-electron chi connectivity index (χ1n) is 10.6. The maximum Gasteiger partial charge on any atom is 0.253 e. The normalized spacial score (nSPS) is 25.1. The van der Waals surface area contributed by atoms with Gasteiger partial charge < -0.3 is 9.80 Å². The predicted molar refractivity (Wildman–Crippen MR) is 111 cm³/mol. The molecule has 0 unspecified atom stereocenters. The van der Waals surface area contributed by atoms with Crippen LogP contribution in [0, 0.1) is 5.92 Å². The van der Waals surface area contributed by atoms with Crippen molar-refractivity contribution in [3.05, 3.63) is 41.5 Å². The minimum absolute atomic E-state index is 0.125. The monoisotopic (exact) mass is 381 g/mol. The van der Waals surface area contributed by atoms with Gasteiger partial charge in [-0.05, 0) is 63.3 Å². The van der Waals surface area contributed by atoms with Crippen LogP contribution >= 0.6 is 0 Å². The van der Waals surface area contributed by atoms with E-state index in [1.54, 1.807) is 0 Å². The van der Waals surface area contributed by atoms with Crippen molar-refractivity contribution in [1.82, 2.24) is 9.80 Å². The Balaban J connectivity index is 1.45. The van der Waals surface area contributed by atoms with Gasteiger partial charge in [-0.25, -0.2) is 0 Å². The third-order valence-electron chi connectivity index (χ3n) is 6.35. The van der Waals surface area contributed by atoms with Gasteiger partial charge in [0.05, 0.1) is 0 Å². The SMILES string of the molecule is CC(C)=CCN1C[C@H]2CC[C@@H]1CN(C(=O)c1ccc(N3CCCC3=O)cc1)C2. The van der Waals surface area contributed by atoms with E-state index in [2.05, 4.69) is 29.7 Å². The Labute approximate surface area is 168 Å². The van der Waals surface area contributed by atoms with Crippen LogP contribution in [0.4, 0.5) is 5.69 Å². The number of benzene rings is 1. The number of carbonyl (C=O) groups excluding carboxylic acids is 2. The molecule has 4 aliphatic heterocycles. The minimum Gasteiger partial charge on any atom is -0.337 e. The molecule has 150 valence electrons. The van der Waals surface area contributed by atoms with Gasteiger partial charge >= 0.3 is 0 Å². The van der Waals surface area contributed by atoms with Crippen molar-refractivity contribution in [2.24, 2.45) is 5.92 Å². The topological polar surface area (TPSA) is 43.9 Å². The number of allylic oxidation sites excluding steroid dienone is 1. The molecule has 5 heteroatoms. The highest BCUT2D eigenvalue weighted by atomic mass is 16.2. The molecule has 4 saturated heterocycles. The number of carbonyl (C=O) groups is 2. The first-order chi connectivity index (χ1) is 13.5. The number of nitrogens with zero attached hydrogens (tertiary/aromatic N) is 3. The third kappa shape index (κ3) is 4.00. The molecule has 0 N–H and O–H groups in total. The third-order valence-corrected chi connectivity index (χ3v) is 6.35. The Morgan fingerprint density at radius 1 is 1.11 bits per heavy atom. The Bertz CT molecular complexity index is 767. The molecule has 0 aromatic heterocycles. The molecule has 0 aliphatic carbocycles. The first kappa shape index (κ1) is 19.2. The van der Waals surface area contributed by atoms with Crippen LogP contribution in [0.25, 0.3) is 0 Å². The zero-order chi connectivity index (χ0) is 19.7. The number of amides is 2. The average Bonchev–Trinajstić information content (AvgIpc) is 2.92. The van der Waals surface area contributed by atoms with Crippen LogP contribution in [0.5, 0.6) is 0 Å². The molecule has 1 aromatic carbocycles. The summed E-state index contributed by atoms with van der Waals surface area (Å²) in [6.45, 7) is 8.82. The van der Waals surface area contributed by atoms with Gasteiger partial charge in [0.15, 0.2) is 0 Å². The molecule has 2 atom stereocenters. The van der Waals surface area contributed by atoms with Crippen molar-refractivity contribution < 1.29 is 9.59 Å². The van der Waals surface area contributed by atoms with Gasteiger partial charge in [0, 0.05) is 56.4 Å². The lowest BCUT2D eigenvalue weighted by Gasteiger charge is -2.35. The lowest BCUT2D eigenvalue weighted by atomic mass is 9.95. The second-order valence-corrected chi connectivity index (χ2v) is 8.74. The van der Waals surface area contributed by atoms with Crippen LogP contribution in [0.1, 0.15) is 49.9 Å². The molecular formula is C23H31N3O2. The predicted octanol–water partition coefficient (Wildman–Crippen LogP) is 3.32. The van der Waals surface area contributed by atoms with Crippen molar-refractivity contribution in [3.63, 3.8) is 0 Å². The molecule has 28 heavy (non-hydrogen) atoms. The van der Waals surface area contributed by atoms with E-state index in [1.165, 1.54) is 18.4 Å². The van der Waals surface area contributed by atoms with E-state index in [9.17, 15) is 9.59 Å². The quantitative estimate of drug-likeness (QED) is 0.752. The summed E-state index contributed by atoms with van der Waals surface area (Å²) >= 11 is 0. The smallest absolute Gasteiger partial charge is 0.253 e. The Hall–Kier alpha value is -2.14. The molecule has 4 fully saturated rings. The highest BCUT2D eigenvalue weighted by Gasteiger charge is 2.36. The molecule has 2 bridgehead atoms. The van der Waals surface area contributed by atoms with Crippen LogP contribution < -0.4 is 4.90 Å². The van der Waals surface area contributed by atoms with E-state index in [1.807, 2.05) is 29.2 Å². The van der Waals surface area contributed by atoms with E-state index in [0.29, 0.717) is 18.4 Å². The number of fused-ring (bicyclic) bond motifs is 4. The van der Waals surface area contributed by atoms with Crippen LogP contribution in [0.2, 0.25) is 0 Å². The summed E-state index contributed by atoms with van der Waals surface area (Å²) in [6.07, 6.45) is 6.24. The lowest BCUT2D eigenvalue weighted by Crippen LogP contribution is -2.44. The Morgan fingerprint density at radius 3 is 2.57 bits per heavy atom. The molecule has 0 radical (unpaired) electrons. The Morgan fingerprint density at radius 2 is 1.89 bits per heavy atom.